The predicted molar refractivity (Wildman–Crippen MR) is 129 cm³/mol. The van der Waals surface area contributed by atoms with E-state index in [1.54, 1.807) is 48.5 Å². The van der Waals surface area contributed by atoms with Gasteiger partial charge in [0.05, 0.1) is 12.1 Å². The first kappa shape index (κ1) is 22.3. The third-order valence-corrected chi connectivity index (χ3v) is 5.49. The number of amides is 3. The summed E-state index contributed by atoms with van der Waals surface area (Å²) in [5, 5.41) is 6.35. The van der Waals surface area contributed by atoms with Gasteiger partial charge in [0.25, 0.3) is 11.8 Å². The van der Waals surface area contributed by atoms with E-state index in [4.69, 9.17) is 11.6 Å². The lowest BCUT2D eigenvalue weighted by Crippen LogP contribution is -2.32. The molecule has 0 spiro atoms. The molecule has 0 bridgehead atoms. The highest BCUT2D eigenvalue weighted by atomic mass is 35.5. The Balaban J connectivity index is 1.68. The van der Waals surface area contributed by atoms with E-state index in [2.05, 4.69) is 10.6 Å². The number of carbonyl (C=O) groups excluding carboxylic acids is 3. The number of hydrogen-bond donors (Lipinski definition) is 2. The maximum absolute atomic E-state index is 13.4. The Bertz CT molecular complexity index is 1250. The fraction of sp³-hybridized carbons (Fsp3) is 0.115. The van der Waals surface area contributed by atoms with Crippen LogP contribution in [0.3, 0.4) is 0 Å². The largest absolute Gasteiger partial charge is 0.350 e. The highest BCUT2D eigenvalue weighted by Gasteiger charge is 2.39. The first-order valence-corrected chi connectivity index (χ1v) is 10.8. The van der Waals surface area contributed by atoms with Crippen LogP contribution in [0.25, 0.3) is 5.57 Å². The van der Waals surface area contributed by atoms with Crippen LogP contribution in [0.5, 0.6) is 0 Å². The summed E-state index contributed by atoms with van der Waals surface area (Å²) in [5.74, 6) is -0.955. The molecule has 2 N–H and O–H groups in total. The lowest BCUT2D eigenvalue weighted by molar-refractivity contribution is -0.137. The number of carbonyl (C=O) groups is 3. The Hall–Kier alpha value is -3.90. The van der Waals surface area contributed by atoms with E-state index in [1.807, 2.05) is 31.2 Å². The third kappa shape index (κ3) is 4.96. The van der Waals surface area contributed by atoms with Gasteiger partial charge in [0.15, 0.2) is 0 Å². The molecular weight excluding hydrogens is 438 g/mol. The number of nitrogens with one attached hydrogen (secondary N) is 2. The SMILES string of the molecule is CC(=O)Nc1ccc(NC2=C(c3ccc(Cl)cc3)C(=O)N(Cc3ccc(C)cc3)C2=O)cc1. The van der Waals surface area contributed by atoms with Crippen LogP contribution in [0.4, 0.5) is 11.4 Å². The Morgan fingerprint density at radius 3 is 2.06 bits per heavy atom. The summed E-state index contributed by atoms with van der Waals surface area (Å²) >= 11 is 6.03. The maximum Gasteiger partial charge on any atom is 0.278 e. The summed E-state index contributed by atoms with van der Waals surface area (Å²) < 4.78 is 0. The molecule has 33 heavy (non-hydrogen) atoms. The summed E-state index contributed by atoms with van der Waals surface area (Å²) in [6.07, 6.45) is 0. The number of aryl methyl sites for hydroxylation is 1. The lowest BCUT2D eigenvalue weighted by Gasteiger charge is -2.15. The molecule has 3 aromatic rings. The van der Waals surface area contributed by atoms with Gasteiger partial charge in [0.1, 0.15) is 5.70 Å². The first-order valence-electron chi connectivity index (χ1n) is 10.4. The zero-order valence-corrected chi connectivity index (χ0v) is 18.9. The van der Waals surface area contributed by atoms with Crippen molar-refractivity contribution in [1.29, 1.82) is 0 Å². The minimum atomic E-state index is -0.406. The van der Waals surface area contributed by atoms with Gasteiger partial charge in [-0.15, -0.1) is 0 Å². The van der Waals surface area contributed by atoms with Gasteiger partial charge >= 0.3 is 0 Å². The summed E-state index contributed by atoms with van der Waals surface area (Å²) in [4.78, 5) is 39.2. The molecule has 0 aromatic heterocycles. The number of halogens is 1. The highest BCUT2D eigenvalue weighted by molar-refractivity contribution is 6.36. The molecule has 1 aliphatic rings. The van der Waals surface area contributed by atoms with Gasteiger partial charge < -0.3 is 10.6 Å². The number of anilines is 2. The van der Waals surface area contributed by atoms with E-state index in [9.17, 15) is 14.4 Å². The van der Waals surface area contributed by atoms with E-state index in [0.29, 0.717) is 22.0 Å². The van der Waals surface area contributed by atoms with Crippen LogP contribution in [0.15, 0.2) is 78.5 Å². The predicted octanol–water partition coefficient (Wildman–Crippen LogP) is 5.00. The summed E-state index contributed by atoms with van der Waals surface area (Å²) in [5.41, 5.74) is 4.29. The van der Waals surface area contributed by atoms with E-state index in [1.165, 1.54) is 11.8 Å². The smallest absolute Gasteiger partial charge is 0.278 e. The normalized spacial score (nSPS) is 13.5. The Labute approximate surface area is 196 Å². The second-order valence-electron chi connectivity index (χ2n) is 7.82. The zero-order chi connectivity index (χ0) is 23.5. The van der Waals surface area contributed by atoms with E-state index >= 15 is 0 Å². The van der Waals surface area contributed by atoms with Crippen molar-refractivity contribution in [1.82, 2.24) is 4.90 Å². The monoisotopic (exact) mass is 459 g/mol. The van der Waals surface area contributed by atoms with Gasteiger partial charge in [-0.05, 0) is 54.4 Å². The minimum absolute atomic E-state index is 0.168. The number of nitrogens with zero attached hydrogens (tertiary/aromatic N) is 1. The fourth-order valence-electron chi connectivity index (χ4n) is 3.58. The molecule has 3 amide bonds. The van der Waals surface area contributed by atoms with Gasteiger partial charge in [0.2, 0.25) is 5.91 Å². The molecule has 1 aliphatic heterocycles. The average Bonchev–Trinajstić information content (AvgIpc) is 3.01. The van der Waals surface area contributed by atoms with Crippen molar-refractivity contribution in [2.24, 2.45) is 0 Å². The molecule has 7 heteroatoms. The third-order valence-electron chi connectivity index (χ3n) is 5.24. The molecule has 0 aliphatic carbocycles. The van der Waals surface area contributed by atoms with Crippen LogP contribution >= 0.6 is 11.6 Å². The molecule has 1 heterocycles. The lowest BCUT2D eigenvalue weighted by atomic mass is 10.0. The zero-order valence-electron chi connectivity index (χ0n) is 18.2. The van der Waals surface area contributed by atoms with Crippen LogP contribution in [-0.4, -0.2) is 22.6 Å². The van der Waals surface area contributed by atoms with Gasteiger partial charge in [-0.1, -0.05) is 53.6 Å². The molecule has 0 unspecified atom stereocenters. The van der Waals surface area contributed by atoms with Crippen molar-refractivity contribution in [3.05, 3.63) is 100 Å². The van der Waals surface area contributed by atoms with Crippen molar-refractivity contribution in [2.45, 2.75) is 20.4 Å². The molecular formula is C26H22ClN3O3. The minimum Gasteiger partial charge on any atom is -0.350 e. The maximum atomic E-state index is 13.4. The number of benzene rings is 3. The van der Waals surface area contributed by atoms with Crippen LogP contribution in [0, 0.1) is 6.92 Å². The van der Waals surface area contributed by atoms with Gasteiger partial charge in [-0.3, -0.25) is 19.3 Å². The van der Waals surface area contributed by atoms with Gasteiger partial charge in [0, 0.05) is 23.3 Å². The molecule has 4 rings (SSSR count). The summed E-state index contributed by atoms with van der Waals surface area (Å²) in [6, 6.07) is 21.4. The summed E-state index contributed by atoms with van der Waals surface area (Å²) in [7, 11) is 0. The Morgan fingerprint density at radius 1 is 0.848 bits per heavy atom. The van der Waals surface area contributed by atoms with E-state index in [0.717, 1.165) is 11.1 Å². The van der Waals surface area contributed by atoms with Crippen molar-refractivity contribution < 1.29 is 14.4 Å². The highest BCUT2D eigenvalue weighted by Crippen LogP contribution is 2.32. The van der Waals surface area contributed by atoms with E-state index in [-0.39, 0.29) is 29.6 Å². The Morgan fingerprint density at radius 2 is 1.45 bits per heavy atom. The first-order chi connectivity index (χ1) is 15.8. The number of imide groups is 1. The molecule has 6 nitrogen and oxygen atoms in total. The average molecular weight is 460 g/mol. The summed E-state index contributed by atoms with van der Waals surface area (Å²) in [6.45, 7) is 3.58. The van der Waals surface area contributed by atoms with Crippen molar-refractivity contribution in [3.8, 4) is 0 Å². The fourth-order valence-corrected chi connectivity index (χ4v) is 3.71. The number of rotatable bonds is 6. The van der Waals surface area contributed by atoms with Crippen LogP contribution in [0.2, 0.25) is 5.02 Å². The van der Waals surface area contributed by atoms with Gasteiger partial charge in [-0.2, -0.15) is 0 Å². The topological polar surface area (TPSA) is 78.5 Å². The molecule has 0 radical (unpaired) electrons. The van der Waals surface area contributed by atoms with E-state index < -0.39 is 5.91 Å². The molecule has 0 fully saturated rings. The van der Waals surface area contributed by atoms with Crippen LogP contribution < -0.4 is 10.6 Å². The van der Waals surface area contributed by atoms with Crippen LogP contribution in [0.1, 0.15) is 23.6 Å². The molecule has 0 atom stereocenters. The second-order valence-corrected chi connectivity index (χ2v) is 8.26. The molecule has 166 valence electrons. The van der Waals surface area contributed by atoms with Crippen molar-refractivity contribution in [3.63, 3.8) is 0 Å². The quantitative estimate of drug-likeness (QED) is 0.508. The Kier molecular flexibility index (Phi) is 6.29. The van der Waals surface area contributed by atoms with Crippen molar-refractivity contribution in [2.75, 3.05) is 10.6 Å². The second kappa shape index (κ2) is 9.30. The molecule has 0 saturated carbocycles. The van der Waals surface area contributed by atoms with Gasteiger partial charge in [-0.25, -0.2) is 0 Å². The molecule has 0 saturated heterocycles. The number of hydrogen-bond acceptors (Lipinski definition) is 4. The standard InChI is InChI=1S/C26H22ClN3O3/c1-16-3-5-18(6-4-16)15-30-25(32)23(19-7-9-20(27)10-8-19)24(26(30)33)29-22-13-11-21(12-14-22)28-17(2)31/h3-14,29H,15H2,1-2H3,(H,28,31). The molecule has 3 aromatic carbocycles. The van der Waals surface area contributed by atoms with Crippen LogP contribution in [-0.2, 0) is 20.9 Å². The van der Waals surface area contributed by atoms with Crippen molar-refractivity contribution >= 4 is 46.3 Å².